The lowest BCUT2D eigenvalue weighted by Gasteiger charge is -2.35. The second-order valence-corrected chi connectivity index (χ2v) is 6.83. The zero-order valence-electron chi connectivity index (χ0n) is 11.5. The summed E-state index contributed by atoms with van der Waals surface area (Å²) in [5.41, 5.74) is 1.40. The van der Waals surface area contributed by atoms with Crippen LogP contribution in [-0.2, 0) is 0 Å². The van der Waals surface area contributed by atoms with Crippen molar-refractivity contribution in [1.82, 2.24) is 5.32 Å². The Hall–Kier alpha value is -1.05. The Morgan fingerprint density at radius 2 is 2.11 bits per heavy atom. The molecule has 1 saturated heterocycles. The molecule has 3 nitrogen and oxygen atoms in total. The molecule has 2 rings (SSSR count). The van der Waals surface area contributed by atoms with Crippen LogP contribution in [0.3, 0.4) is 0 Å². The fourth-order valence-electron chi connectivity index (χ4n) is 2.56. The van der Waals surface area contributed by atoms with Crippen LogP contribution in [0.2, 0.25) is 0 Å². The first-order valence-electron chi connectivity index (χ1n) is 6.62. The molecule has 4 heteroatoms. The van der Waals surface area contributed by atoms with Crippen LogP contribution in [0.15, 0.2) is 28.7 Å². The number of nitrogens with one attached hydrogen (secondary N) is 1. The van der Waals surface area contributed by atoms with Crippen LogP contribution >= 0.6 is 15.9 Å². The maximum absolute atomic E-state index is 9.04. The Morgan fingerprint density at radius 1 is 1.42 bits per heavy atom. The topological polar surface area (TPSA) is 39.1 Å². The second kappa shape index (κ2) is 5.94. The first kappa shape index (κ1) is 14.4. The van der Waals surface area contributed by atoms with Crippen molar-refractivity contribution in [3.63, 3.8) is 0 Å². The molecule has 1 aliphatic rings. The lowest BCUT2D eigenvalue weighted by molar-refractivity contribution is 0.369. The van der Waals surface area contributed by atoms with Crippen molar-refractivity contribution in [2.75, 3.05) is 24.5 Å². The predicted octanol–water partition coefficient (Wildman–Crippen LogP) is 3.17. The number of hydrogen-bond donors (Lipinski definition) is 1. The van der Waals surface area contributed by atoms with Gasteiger partial charge in [-0.15, -0.1) is 0 Å². The van der Waals surface area contributed by atoms with E-state index in [2.05, 4.69) is 70.3 Å². The first-order valence-corrected chi connectivity index (χ1v) is 7.41. The van der Waals surface area contributed by atoms with E-state index in [-0.39, 0.29) is 11.5 Å². The molecule has 1 fully saturated rings. The summed E-state index contributed by atoms with van der Waals surface area (Å²) in [4.78, 5) is 2.37. The van der Waals surface area contributed by atoms with Gasteiger partial charge in [-0.1, -0.05) is 29.8 Å². The van der Waals surface area contributed by atoms with E-state index in [1.807, 2.05) is 0 Å². The molecule has 1 atom stereocenters. The summed E-state index contributed by atoms with van der Waals surface area (Å²) in [7, 11) is 0. The van der Waals surface area contributed by atoms with Gasteiger partial charge in [-0.3, -0.25) is 0 Å². The number of nitriles is 1. The largest absolute Gasteiger partial charge is 0.366 e. The fourth-order valence-corrected chi connectivity index (χ4v) is 2.82. The van der Waals surface area contributed by atoms with Crippen LogP contribution in [0.1, 0.15) is 20.3 Å². The number of benzene rings is 1. The van der Waals surface area contributed by atoms with E-state index >= 15 is 0 Å². The first-order chi connectivity index (χ1) is 9.02. The minimum Gasteiger partial charge on any atom is -0.366 e. The van der Waals surface area contributed by atoms with Crippen molar-refractivity contribution >= 4 is 21.6 Å². The van der Waals surface area contributed by atoms with Crippen LogP contribution in [0.25, 0.3) is 0 Å². The van der Waals surface area contributed by atoms with E-state index in [0.29, 0.717) is 6.42 Å². The number of hydrogen-bond acceptors (Lipinski definition) is 3. The van der Waals surface area contributed by atoms with Gasteiger partial charge in [0, 0.05) is 29.8 Å². The third kappa shape index (κ3) is 3.71. The molecule has 0 bridgehead atoms. The van der Waals surface area contributed by atoms with E-state index in [1.54, 1.807) is 0 Å². The Morgan fingerprint density at radius 3 is 2.74 bits per heavy atom. The monoisotopic (exact) mass is 321 g/mol. The molecule has 0 radical (unpaired) electrons. The van der Waals surface area contributed by atoms with E-state index < -0.39 is 0 Å². The minimum absolute atomic E-state index is 0.206. The van der Waals surface area contributed by atoms with Gasteiger partial charge in [0.25, 0.3) is 0 Å². The number of rotatable bonds is 2. The van der Waals surface area contributed by atoms with E-state index in [4.69, 9.17) is 5.26 Å². The van der Waals surface area contributed by atoms with Crippen molar-refractivity contribution in [2.24, 2.45) is 5.41 Å². The molecule has 1 aromatic carbocycles. The van der Waals surface area contributed by atoms with Crippen molar-refractivity contribution in [1.29, 1.82) is 5.26 Å². The average Bonchev–Trinajstić information content (AvgIpc) is 2.50. The van der Waals surface area contributed by atoms with Crippen LogP contribution in [0.4, 0.5) is 5.69 Å². The van der Waals surface area contributed by atoms with Gasteiger partial charge >= 0.3 is 0 Å². The molecule has 0 aromatic heterocycles. The molecule has 1 aromatic rings. The maximum atomic E-state index is 9.04. The summed E-state index contributed by atoms with van der Waals surface area (Å²) in [6.07, 6.45) is 0.555. The molecule has 1 N–H and O–H groups in total. The molecule has 1 aliphatic heterocycles. The standard InChI is InChI=1S/C15H20BrN3/c1-15(2)10-18-9-14(7-8-17)19(11-15)13-5-3-12(16)4-6-13/h3-6,14,18H,7,9-11H2,1-2H3. The van der Waals surface area contributed by atoms with Crippen LogP contribution < -0.4 is 10.2 Å². The molecule has 19 heavy (non-hydrogen) atoms. The normalized spacial score (nSPS) is 22.6. The SMILES string of the molecule is CC1(C)CNCC(CC#N)N(c2ccc(Br)cc2)C1. The molecular formula is C15H20BrN3. The highest BCUT2D eigenvalue weighted by Crippen LogP contribution is 2.28. The molecular weight excluding hydrogens is 302 g/mol. The third-order valence-electron chi connectivity index (χ3n) is 3.51. The Bertz CT molecular complexity index is 461. The van der Waals surface area contributed by atoms with Gasteiger partial charge in [0.15, 0.2) is 0 Å². The summed E-state index contributed by atoms with van der Waals surface area (Å²) in [6.45, 7) is 7.35. The van der Waals surface area contributed by atoms with Crippen molar-refractivity contribution in [2.45, 2.75) is 26.3 Å². The Kier molecular flexibility index (Phi) is 4.49. The van der Waals surface area contributed by atoms with Crippen LogP contribution in [0.5, 0.6) is 0 Å². The maximum Gasteiger partial charge on any atom is 0.0643 e. The van der Waals surface area contributed by atoms with Gasteiger partial charge in [0.1, 0.15) is 0 Å². The number of halogens is 1. The highest BCUT2D eigenvalue weighted by molar-refractivity contribution is 9.10. The van der Waals surface area contributed by atoms with E-state index in [1.165, 1.54) is 5.69 Å². The van der Waals surface area contributed by atoms with Gasteiger partial charge in [-0.25, -0.2) is 0 Å². The van der Waals surface area contributed by atoms with Gasteiger partial charge in [-0.05, 0) is 29.7 Å². The van der Waals surface area contributed by atoms with Crippen molar-refractivity contribution in [3.8, 4) is 6.07 Å². The van der Waals surface area contributed by atoms with E-state index in [0.717, 1.165) is 24.1 Å². The van der Waals surface area contributed by atoms with Crippen molar-refractivity contribution < 1.29 is 0 Å². The molecule has 1 unspecified atom stereocenters. The van der Waals surface area contributed by atoms with Crippen molar-refractivity contribution in [3.05, 3.63) is 28.7 Å². The average molecular weight is 322 g/mol. The Labute approximate surface area is 123 Å². The van der Waals surface area contributed by atoms with Gasteiger partial charge in [0.2, 0.25) is 0 Å². The quantitative estimate of drug-likeness (QED) is 0.909. The minimum atomic E-state index is 0.206. The van der Waals surface area contributed by atoms with Crippen LogP contribution in [0, 0.1) is 16.7 Å². The fraction of sp³-hybridized carbons (Fsp3) is 0.533. The lowest BCUT2D eigenvalue weighted by Crippen LogP contribution is -2.41. The third-order valence-corrected chi connectivity index (χ3v) is 4.04. The summed E-state index contributed by atoms with van der Waals surface area (Å²) in [5, 5.41) is 12.5. The Balaban J connectivity index is 2.29. The number of anilines is 1. The smallest absolute Gasteiger partial charge is 0.0643 e. The summed E-state index contributed by atoms with van der Waals surface area (Å²) < 4.78 is 1.08. The van der Waals surface area contributed by atoms with Gasteiger partial charge in [0.05, 0.1) is 18.5 Å². The highest BCUT2D eigenvalue weighted by atomic mass is 79.9. The summed E-state index contributed by atoms with van der Waals surface area (Å²) in [6, 6.07) is 10.9. The molecule has 0 amide bonds. The second-order valence-electron chi connectivity index (χ2n) is 5.92. The molecule has 102 valence electrons. The zero-order valence-corrected chi connectivity index (χ0v) is 13.1. The predicted molar refractivity (Wildman–Crippen MR) is 82.2 cm³/mol. The van der Waals surface area contributed by atoms with E-state index in [9.17, 15) is 0 Å². The van der Waals surface area contributed by atoms with Gasteiger partial charge < -0.3 is 10.2 Å². The highest BCUT2D eigenvalue weighted by Gasteiger charge is 2.30. The molecule has 1 heterocycles. The number of nitrogens with zero attached hydrogens (tertiary/aromatic N) is 2. The zero-order chi connectivity index (χ0) is 13.9. The summed E-state index contributed by atoms with van der Waals surface area (Å²) >= 11 is 3.47. The van der Waals surface area contributed by atoms with Crippen LogP contribution in [-0.4, -0.2) is 25.7 Å². The molecule has 0 aliphatic carbocycles. The van der Waals surface area contributed by atoms with Gasteiger partial charge in [-0.2, -0.15) is 5.26 Å². The summed E-state index contributed by atoms with van der Waals surface area (Å²) in [5.74, 6) is 0. The molecule has 0 saturated carbocycles. The molecule has 0 spiro atoms. The lowest BCUT2D eigenvalue weighted by atomic mass is 9.92.